The van der Waals surface area contributed by atoms with E-state index in [9.17, 15) is 13.2 Å². The van der Waals surface area contributed by atoms with E-state index in [1.54, 1.807) is 6.07 Å². The second kappa shape index (κ2) is 3.99. The third-order valence-electron chi connectivity index (χ3n) is 3.11. The Morgan fingerprint density at radius 1 is 0.947 bits per heavy atom. The van der Waals surface area contributed by atoms with Gasteiger partial charge in [-0.05, 0) is 23.8 Å². The van der Waals surface area contributed by atoms with Gasteiger partial charge >= 0.3 is 6.18 Å². The third-order valence-corrected chi connectivity index (χ3v) is 3.11. The van der Waals surface area contributed by atoms with Gasteiger partial charge in [-0.2, -0.15) is 13.2 Å². The van der Waals surface area contributed by atoms with Gasteiger partial charge in [-0.25, -0.2) is 0 Å². The molecule has 0 amide bonds. The number of hydrogen-bond donors (Lipinski definition) is 1. The molecule has 0 spiro atoms. The highest BCUT2D eigenvalue weighted by Gasteiger charge is 2.37. The smallest absolute Gasteiger partial charge is 0.407 e. The lowest BCUT2D eigenvalue weighted by atomic mass is 10.0. The number of halogens is 3. The zero-order valence-electron chi connectivity index (χ0n) is 9.74. The van der Waals surface area contributed by atoms with Gasteiger partial charge in [-0.3, -0.25) is 0 Å². The molecular weight excluding hydrogens is 255 g/mol. The molecule has 98 valence electrons. The van der Waals surface area contributed by atoms with Gasteiger partial charge < -0.3 is 10.2 Å². The summed E-state index contributed by atoms with van der Waals surface area (Å²) in [7, 11) is 0. The van der Waals surface area contributed by atoms with Crippen molar-refractivity contribution in [2.45, 2.75) is 12.2 Å². The van der Waals surface area contributed by atoms with Crippen molar-refractivity contribution in [2.24, 2.45) is 5.73 Å². The maximum absolute atomic E-state index is 12.6. The van der Waals surface area contributed by atoms with E-state index in [2.05, 4.69) is 0 Å². The number of benzene rings is 2. The predicted octanol–water partition coefficient (Wildman–Crippen LogP) is 4.15. The first-order valence-electron chi connectivity index (χ1n) is 5.70. The number of para-hydroxylation sites is 1. The molecule has 3 rings (SSSR count). The molecule has 0 saturated heterocycles. The van der Waals surface area contributed by atoms with Gasteiger partial charge in [-0.1, -0.05) is 24.3 Å². The quantitative estimate of drug-likeness (QED) is 0.718. The Morgan fingerprint density at radius 2 is 1.63 bits per heavy atom. The van der Waals surface area contributed by atoms with Crippen molar-refractivity contribution >= 4 is 21.9 Å². The van der Waals surface area contributed by atoms with E-state index in [4.69, 9.17) is 10.2 Å². The first kappa shape index (κ1) is 12.0. The van der Waals surface area contributed by atoms with Gasteiger partial charge in [0.15, 0.2) is 0 Å². The van der Waals surface area contributed by atoms with E-state index in [1.807, 2.05) is 18.2 Å². The highest BCUT2D eigenvalue weighted by atomic mass is 19.4. The van der Waals surface area contributed by atoms with Crippen molar-refractivity contribution in [1.29, 1.82) is 0 Å². The van der Waals surface area contributed by atoms with Crippen LogP contribution in [-0.4, -0.2) is 6.18 Å². The molecule has 0 aliphatic carbocycles. The monoisotopic (exact) mass is 265 g/mol. The maximum atomic E-state index is 12.6. The predicted molar refractivity (Wildman–Crippen MR) is 66.7 cm³/mol. The van der Waals surface area contributed by atoms with E-state index < -0.39 is 12.2 Å². The molecule has 2 N–H and O–H groups in total. The Balaban J connectivity index is 2.22. The number of fused-ring (bicyclic) bond motifs is 3. The van der Waals surface area contributed by atoms with E-state index in [-0.39, 0.29) is 5.56 Å². The lowest BCUT2D eigenvalue weighted by molar-refractivity contribution is -0.149. The molecule has 2 aromatic carbocycles. The summed E-state index contributed by atoms with van der Waals surface area (Å²) in [5, 5.41) is 1.43. The molecule has 0 aliphatic rings. The lowest BCUT2D eigenvalue weighted by Crippen LogP contribution is -2.28. The summed E-state index contributed by atoms with van der Waals surface area (Å²) in [5.74, 6) is 0. The van der Waals surface area contributed by atoms with Crippen LogP contribution in [0, 0.1) is 0 Å². The van der Waals surface area contributed by atoms with E-state index >= 15 is 0 Å². The van der Waals surface area contributed by atoms with Crippen LogP contribution in [0.5, 0.6) is 0 Å². The molecule has 1 atom stereocenters. The molecule has 0 aliphatic heterocycles. The van der Waals surface area contributed by atoms with Gasteiger partial charge in [0.25, 0.3) is 0 Å². The Hall–Kier alpha value is -2.01. The first-order valence-corrected chi connectivity index (χ1v) is 5.70. The van der Waals surface area contributed by atoms with E-state index in [0.717, 1.165) is 5.39 Å². The molecule has 3 aromatic rings. The molecule has 5 heteroatoms. The van der Waals surface area contributed by atoms with Crippen molar-refractivity contribution in [1.82, 2.24) is 0 Å². The van der Waals surface area contributed by atoms with E-state index in [1.165, 1.54) is 18.2 Å². The second-order valence-electron chi connectivity index (χ2n) is 4.37. The van der Waals surface area contributed by atoms with Crippen LogP contribution in [0.3, 0.4) is 0 Å². The van der Waals surface area contributed by atoms with Crippen molar-refractivity contribution < 1.29 is 17.6 Å². The Bertz CT molecular complexity index is 745. The fraction of sp³-hybridized carbons (Fsp3) is 0.143. The lowest BCUT2D eigenvalue weighted by Gasteiger charge is -2.15. The minimum Gasteiger partial charge on any atom is -0.456 e. The van der Waals surface area contributed by atoms with Crippen LogP contribution in [-0.2, 0) is 0 Å². The van der Waals surface area contributed by atoms with Crippen molar-refractivity contribution in [2.75, 3.05) is 0 Å². The minimum absolute atomic E-state index is 0.0338. The van der Waals surface area contributed by atoms with Crippen LogP contribution >= 0.6 is 0 Å². The van der Waals surface area contributed by atoms with Crippen LogP contribution in [0.4, 0.5) is 13.2 Å². The fourth-order valence-corrected chi connectivity index (χ4v) is 2.13. The highest BCUT2D eigenvalue weighted by molar-refractivity contribution is 6.05. The van der Waals surface area contributed by atoms with Crippen LogP contribution < -0.4 is 5.73 Å². The van der Waals surface area contributed by atoms with E-state index in [0.29, 0.717) is 16.6 Å². The average Bonchev–Trinajstić information content (AvgIpc) is 2.74. The van der Waals surface area contributed by atoms with Crippen LogP contribution in [0.1, 0.15) is 11.6 Å². The number of furan rings is 1. The minimum atomic E-state index is -4.45. The number of nitrogens with two attached hydrogens (primary N) is 1. The summed E-state index contributed by atoms with van der Waals surface area (Å²) in [6.45, 7) is 0. The zero-order valence-corrected chi connectivity index (χ0v) is 9.74. The fourth-order valence-electron chi connectivity index (χ4n) is 2.13. The van der Waals surface area contributed by atoms with Crippen LogP contribution in [0.2, 0.25) is 0 Å². The summed E-state index contributed by atoms with van der Waals surface area (Å²) in [6, 6.07) is 9.55. The summed E-state index contributed by atoms with van der Waals surface area (Å²) >= 11 is 0. The van der Waals surface area contributed by atoms with Gasteiger partial charge in [0.05, 0.1) is 0 Å². The largest absolute Gasteiger partial charge is 0.456 e. The van der Waals surface area contributed by atoms with Crippen molar-refractivity contribution in [3.8, 4) is 0 Å². The summed E-state index contributed by atoms with van der Waals surface area (Å²) in [5.41, 5.74) is 6.46. The Kier molecular flexibility index (Phi) is 2.53. The molecule has 0 fully saturated rings. The molecule has 0 unspecified atom stereocenters. The highest BCUT2D eigenvalue weighted by Crippen LogP contribution is 2.34. The Labute approximate surface area is 106 Å². The summed E-state index contributed by atoms with van der Waals surface area (Å²) in [4.78, 5) is 0. The van der Waals surface area contributed by atoms with Gasteiger partial charge in [0.1, 0.15) is 17.2 Å². The zero-order chi connectivity index (χ0) is 13.6. The molecule has 0 saturated carbocycles. The number of alkyl halides is 3. The first-order chi connectivity index (χ1) is 8.97. The van der Waals surface area contributed by atoms with Crippen LogP contribution in [0.15, 0.2) is 46.9 Å². The van der Waals surface area contributed by atoms with Gasteiger partial charge in [0.2, 0.25) is 0 Å². The molecule has 2 nitrogen and oxygen atoms in total. The SMILES string of the molecule is N[C@H](c1ccc2oc3ccccc3c2c1)C(F)(F)F. The average molecular weight is 265 g/mol. The number of rotatable bonds is 1. The second-order valence-corrected chi connectivity index (χ2v) is 4.37. The molecule has 19 heavy (non-hydrogen) atoms. The maximum Gasteiger partial charge on any atom is 0.407 e. The molecular formula is C14H10F3NO. The van der Waals surface area contributed by atoms with Crippen LogP contribution in [0.25, 0.3) is 21.9 Å². The standard InChI is InChI=1S/C14H10F3NO/c15-14(16,17)13(18)8-5-6-12-10(7-8)9-3-1-2-4-11(9)19-12/h1-7,13H,18H2/t13-/m1/s1. The summed E-state index contributed by atoms with van der Waals surface area (Å²) < 4.78 is 43.4. The van der Waals surface area contributed by atoms with Gasteiger partial charge in [0, 0.05) is 10.8 Å². The van der Waals surface area contributed by atoms with Crippen molar-refractivity contribution in [3.05, 3.63) is 48.0 Å². The molecule has 0 radical (unpaired) electrons. The number of hydrogen-bond acceptors (Lipinski definition) is 2. The molecule has 1 aromatic heterocycles. The topological polar surface area (TPSA) is 39.2 Å². The third kappa shape index (κ3) is 1.96. The molecule has 0 bridgehead atoms. The normalized spacial score (nSPS) is 14.1. The van der Waals surface area contributed by atoms with Gasteiger partial charge in [-0.15, -0.1) is 0 Å². The van der Waals surface area contributed by atoms with Crippen molar-refractivity contribution in [3.63, 3.8) is 0 Å². The Morgan fingerprint density at radius 3 is 2.37 bits per heavy atom. The molecule has 1 heterocycles. The summed E-state index contributed by atoms with van der Waals surface area (Å²) in [6.07, 6.45) is -4.45.